The Labute approximate surface area is 225 Å². The van der Waals surface area contributed by atoms with Gasteiger partial charge in [-0.15, -0.1) is 0 Å². The zero-order valence-electron chi connectivity index (χ0n) is 21.1. The number of fused-ring (bicyclic) bond motifs is 1. The fourth-order valence-electron chi connectivity index (χ4n) is 4.49. The van der Waals surface area contributed by atoms with Gasteiger partial charge in [-0.25, -0.2) is 4.98 Å². The van der Waals surface area contributed by atoms with Crippen LogP contribution in [0.5, 0.6) is 5.75 Å². The number of hydrogen-bond donors (Lipinski definition) is 0. The van der Waals surface area contributed by atoms with Gasteiger partial charge >= 0.3 is 0 Å². The molecule has 192 valence electrons. The van der Waals surface area contributed by atoms with Gasteiger partial charge in [0.15, 0.2) is 0 Å². The first kappa shape index (κ1) is 25.4. The lowest BCUT2D eigenvalue weighted by Gasteiger charge is -2.34. The number of ether oxygens (including phenoxy) is 1. The minimum Gasteiger partial charge on any atom is -0.497 e. The van der Waals surface area contributed by atoms with Crippen molar-refractivity contribution in [2.45, 2.75) is 13.3 Å². The van der Waals surface area contributed by atoms with E-state index in [0.29, 0.717) is 39.2 Å². The molecule has 0 atom stereocenters. The quantitative estimate of drug-likeness (QED) is 0.352. The van der Waals surface area contributed by atoms with Crippen molar-refractivity contribution in [2.75, 3.05) is 51.8 Å². The lowest BCUT2D eigenvalue weighted by molar-refractivity contribution is -0.122. The van der Waals surface area contributed by atoms with E-state index >= 15 is 0 Å². The van der Waals surface area contributed by atoms with E-state index < -0.39 is 0 Å². The van der Waals surface area contributed by atoms with Crippen LogP contribution < -0.4 is 15.2 Å². The summed E-state index contributed by atoms with van der Waals surface area (Å²) in [4.78, 5) is 38.4. The second-order valence-electron chi connectivity index (χ2n) is 9.31. The summed E-state index contributed by atoms with van der Waals surface area (Å²) >= 11 is 6.79. The Hall–Kier alpha value is -3.21. The van der Waals surface area contributed by atoms with Crippen LogP contribution in [0.1, 0.15) is 16.7 Å². The van der Waals surface area contributed by atoms with Crippen LogP contribution in [-0.4, -0.2) is 76.3 Å². The number of amides is 1. The van der Waals surface area contributed by atoms with Gasteiger partial charge in [-0.1, -0.05) is 42.2 Å². The Balaban J connectivity index is 1.47. The third-order valence-electron chi connectivity index (χ3n) is 6.72. The summed E-state index contributed by atoms with van der Waals surface area (Å²) in [5, 5.41) is 0. The van der Waals surface area contributed by atoms with E-state index in [4.69, 9.17) is 21.9 Å². The maximum Gasteiger partial charge on any atom is 0.267 e. The Morgan fingerprint density at radius 1 is 1.08 bits per heavy atom. The van der Waals surface area contributed by atoms with Gasteiger partial charge in [0, 0.05) is 38.9 Å². The Bertz CT molecular complexity index is 1440. The van der Waals surface area contributed by atoms with Crippen molar-refractivity contribution in [1.29, 1.82) is 0 Å². The number of likely N-dealkylation sites (N-methyl/N-ethyl adjacent to an activating group) is 1. The number of pyridine rings is 1. The van der Waals surface area contributed by atoms with E-state index in [1.54, 1.807) is 28.7 Å². The molecule has 0 bridgehead atoms. The Morgan fingerprint density at radius 2 is 1.81 bits per heavy atom. The first-order valence-corrected chi connectivity index (χ1v) is 13.4. The van der Waals surface area contributed by atoms with E-state index in [1.165, 1.54) is 11.8 Å². The molecule has 2 fully saturated rings. The molecule has 37 heavy (non-hydrogen) atoms. The molecule has 1 aromatic carbocycles. The number of thiocarbonyl (C=S) groups is 1. The van der Waals surface area contributed by atoms with E-state index in [1.807, 2.05) is 43.3 Å². The van der Waals surface area contributed by atoms with Crippen molar-refractivity contribution in [2.24, 2.45) is 0 Å². The minimum absolute atomic E-state index is 0.179. The number of carbonyl (C=O) groups excluding carboxylic acids is 1. The molecule has 0 saturated carbocycles. The zero-order chi connectivity index (χ0) is 26.1. The maximum absolute atomic E-state index is 13.7. The first-order chi connectivity index (χ1) is 17.8. The first-order valence-electron chi connectivity index (χ1n) is 12.2. The Kier molecular flexibility index (Phi) is 7.32. The van der Waals surface area contributed by atoms with Crippen LogP contribution >= 0.6 is 24.0 Å². The average Bonchev–Trinajstić information content (AvgIpc) is 3.17. The van der Waals surface area contributed by atoms with Crippen LogP contribution in [0.15, 0.2) is 52.3 Å². The third kappa shape index (κ3) is 5.27. The SMILES string of the molecule is COc1ccc(CCN2C(=O)C(=Cc3c(N4CCN(C)CC4)nc4ccc(C)cn4c3=O)SC2=S)cc1. The number of benzene rings is 1. The number of rotatable bonds is 6. The molecule has 2 aliphatic rings. The normalized spacial score (nSPS) is 17.9. The van der Waals surface area contributed by atoms with Crippen molar-refractivity contribution >= 4 is 51.7 Å². The van der Waals surface area contributed by atoms with Gasteiger partial charge in [-0.05, 0) is 55.8 Å². The molecular weight excluding hydrogens is 506 g/mol. The fraction of sp³-hybridized carbons (Fsp3) is 0.333. The standard InChI is InChI=1S/C27H29N5O3S2/c1-18-4-9-23-28-24(30-14-12-29(2)13-15-30)21(25(33)32(23)17-18)16-22-26(34)31(27(36)37-22)11-10-19-5-7-20(35-3)8-6-19/h4-9,16-17H,10-15H2,1-3H3. The molecule has 0 N–H and O–H groups in total. The molecule has 4 heterocycles. The highest BCUT2D eigenvalue weighted by molar-refractivity contribution is 8.26. The smallest absolute Gasteiger partial charge is 0.267 e. The summed E-state index contributed by atoms with van der Waals surface area (Å²) in [5.74, 6) is 1.23. The number of carbonyl (C=O) groups is 1. The van der Waals surface area contributed by atoms with Gasteiger partial charge in [0.25, 0.3) is 11.5 Å². The molecule has 1 amide bonds. The molecule has 0 spiro atoms. The zero-order valence-corrected chi connectivity index (χ0v) is 22.8. The van der Waals surface area contributed by atoms with Crippen molar-refractivity contribution in [3.8, 4) is 5.75 Å². The lowest BCUT2D eigenvalue weighted by atomic mass is 10.1. The van der Waals surface area contributed by atoms with Crippen molar-refractivity contribution in [3.05, 3.63) is 74.5 Å². The van der Waals surface area contributed by atoms with E-state index in [2.05, 4.69) is 16.8 Å². The summed E-state index contributed by atoms with van der Waals surface area (Å²) in [6, 6.07) is 11.6. The van der Waals surface area contributed by atoms with Crippen LogP contribution in [0.4, 0.5) is 5.82 Å². The van der Waals surface area contributed by atoms with Crippen LogP contribution in [0.3, 0.4) is 0 Å². The van der Waals surface area contributed by atoms with Crippen molar-refractivity contribution in [1.82, 2.24) is 19.2 Å². The second-order valence-corrected chi connectivity index (χ2v) is 11.0. The number of piperazine rings is 1. The molecule has 2 aromatic heterocycles. The van der Waals surface area contributed by atoms with Crippen LogP contribution in [0, 0.1) is 6.92 Å². The average molecular weight is 536 g/mol. The molecule has 2 saturated heterocycles. The number of hydrogen-bond acceptors (Lipinski definition) is 8. The third-order valence-corrected chi connectivity index (χ3v) is 8.10. The summed E-state index contributed by atoms with van der Waals surface area (Å²) in [6.07, 6.45) is 4.13. The van der Waals surface area contributed by atoms with E-state index in [0.717, 1.165) is 43.1 Å². The molecule has 0 radical (unpaired) electrons. The lowest BCUT2D eigenvalue weighted by Crippen LogP contribution is -2.45. The molecule has 10 heteroatoms. The molecule has 2 aliphatic heterocycles. The molecule has 5 rings (SSSR count). The van der Waals surface area contributed by atoms with Gasteiger partial charge in [0.05, 0.1) is 17.6 Å². The van der Waals surface area contributed by atoms with Crippen LogP contribution in [-0.2, 0) is 11.2 Å². The van der Waals surface area contributed by atoms with Crippen molar-refractivity contribution in [3.63, 3.8) is 0 Å². The van der Waals surface area contributed by atoms with Gasteiger partial charge in [-0.3, -0.25) is 18.9 Å². The molecule has 0 unspecified atom stereocenters. The van der Waals surface area contributed by atoms with Gasteiger partial charge in [-0.2, -0.15) is 0 Å². The number of methoxy groups -OCH3 is 1. The number of aromatic nitrogens is 2. The minimum atomic E-state index is -0.189. The number of aryl methyl sites for hydroxylation is 1. The number of anilines is 1. The molecular formula is C27H29N5O3S2. The predicted octanol–water partition coefficient (Wildman–Crippen LogP) is 3.21. The molecule has 3 aromatic rings. The van der Waals surface area contributed by atoms with Gasteiger partial charge < -0.3 is 14.5 Å². The molecule has 8 nitrogen and oxygen atoms in total. The molecule has 0 aliphatic carbocycles. The summed E-state index contributed by atoms with van der Waals surface area (Å²) in [7, 11) is 3.72. The fourth-order valence-corrected chi connectivity index (χ4v) is 5.78. The monoisotopic (exact) mass is 535 g/mol. The summed E-state index contributed by atoms with van der Waals surface area (Å²) in [5.41, 5.74) is 2.87. The largest absolute Gasteiger partial charge is 0.497 e. The van der Waals surface area contributed by atoms with Gasteiger partial charge in [0.2, 0.25) is 0 Å². The van der Waals surface area contributed by atoms with Gasteiger partial charge in [0.1, 0.15) is 21.5 Å². The number of thioether (sulfide) groups is 1. The van der Waals surface area contributed by atoms with Crippen LogP contribution in [0.2, 0.25) is 0 Å². The highest BCUT2D eigenvalue weighted by atomic mass is 32.2. The van der Waals surface area contributed by atoms with Crippen LogP contribution in [0.25, 0.3) is 11.7 Å². The maximum atomic E-state index is 13.7. The summed E-state index contributed by atoms with van der Waals surface area (Å²) < 4.78 is 7.28. The second kappa shape index (κ2) is 10.6. The number of nitrogens with zero attached hydrogens (tertiary/aromatic N) is 5. The highest BCUT2D eigenvalue weighted by Crippen LogP contribution is 2.34. The van der Waals surface area contributed by atoms with E-state index in [-0.39, 0.29) is 11.5 Å². The predicted molar refractivity (Wildman–Crippen MR) is 152 cm³/mol. The topological polar surface area (TPSA) is 70.4 Å². The van der Waals surface area contributed by atoms with E-state index in [9.17, 15) is 9.59 Å². The highest BCUT2D eigenvalue weighted by Gasteiger charge is 2.33. The summed E-state index contributed by atoms with van der Waals surface area (Å²) in [6.45, 7) is 5.68. The van der Waals surface area contributed by atoms with Crippen molar-refractivity contribution < 1.29 is 9.53 Å². The Morgan fingerprint density at radius 3 is 2.51 bits per heavy atom.